The van der Waals surface area contributed by atoms with Crippen LogP contribution in [-0.4, -0.2) is 17.5 Å². The molecule has 6 heteroatoms. The molecule has 0 unspecified atom stereocenters. The number of fused-ring (bicyclic) bond motifs is 3. The second kappa shape index (κ2) is 6.87. The summed E-state index contributed by atoms with van der Waals surface area (Å²) in [4.78, 5) is 41.0. The summed E-state index contributed by atoms with van der Waals surface area (Å²) in [7, 11) is 0. The lowest BCUT2D eigenvalue weighted by atomic mass is 9.82. The lowest BCUT2D eigenvalue weighted by Crippen LogP contribution is -2.39. The molecule has 2 aliphatic rings. The minimum absolute atomic E-state index is 0.289. The summed E-state index contributed by atoms with van der Waals surface area (Å²) >= 11 is 9.44. The number of hydrogen-bond donors (Lipinski definition) is 0. The number of carbonyl (C=O) groups is 3. The molecule has 1 heterocycles. The number of esters is 1. The number of Topliss-reactive ketones (excluding diaryl/α,β-unsaturated/α-hetero) is 2. The molecule has 5 rings (SSSR count). The molecule has 0 N–H and O–H groups in total. The summed E-state index contributed by atoms with van der Waals surface area (Å²) in [5.74, 6) is -1.64. The van der Waals surface area contributed by atoms with Gasteiger partial charge in [-0.15, -0.1) is 0 Å². The van der Waals surface area contributed by atoms with Gasteiger partial charge in [-0.1, -0.05) is 64.8 Å². The molecule has 4 nitrogen and oxygen atoms in total. The van der Waals surface area contributed by atoms with Gasteiger partial charge in [0, 0.05) is 32.1 Å². The van der Waals surface area contributed by atoms with Gasteiger partial charge in [0.05, 0.1) is 5.41 Å². The van der Waals surface area contributed by atoms with Crippen molar-refractivity contribution in [2.24, 2.45) is 10.8 Å². The first-order valence-electron chi connectivity index (χ1n) is 9.73. The third kappa shape index (κ3) is 2.63. The molecule has 0 bridgehead atoms. The van der Waals surface area contributed by atoms with Gasteiger partial charge in [-0.2, -0.15) is 0 Å². The first kappa shape index (κ1) is 20.2. The van der Waals surface area contributed by atoms with Crippen LogP contribution in [0.5, 0.6) is 5.75 Å². The summed E-state index contributed by atoms with van der Waals surface area (Å²) in [5.41, 5.74) is -1.49. The first-order valence-corrected chi connectivity index (χ1v) is 10.9. The van der Waals surface area contributed by atoms with Crippen molar-refractivity contribution < 1.29 is 19.1 Å². The monoisotopic (exact) mass is 494 g/mol. The molecule has 3 atom stereocenters. The van der Waals surface area contributed by atoms with Crippen LogP contribution in [0.4, 0.5) is 0 Å². The first-order chi connectivity index (χ1) is 14.8. The van der Waals surface area contributed by atoms with Crippen molar-refractivity contribution in [3.63, 3.8) is 0 Å². The minimum Gasteiger partial charge on any atom is -0.425 e. The molecule has 0 saturated heterocycles. The molecular weight excluding hydrogens is 480 g/mol. The zero-order valence-corrected chi connectivity index (χ0v) is 18.7. The van der Waals surface area contributed by atoms with Crippen molar-refractivity contribution in [2.75, 3.05) is 0 Å². The van der Waals surface area contributed by atoms with E-state index in [9.17, 15) is 14.4 Å². The minimum atomic E-state index is -1.63. The Bertz CT molecular complexity index is 1250. The largest absolute Gasteiger partial charge is 0.425 e. The van der Waals surface area contributed by atoms with Crippen LogP contribution >= 0.6 is 27.5 Å². The maximum atomic E-state index is 13.8. The summed E-state index contributed by atoms with van der Waals surface area (Å²) in [6.07, 6.45) is 0. The molecule has 3 aromatic rings. The molecule has 154 valence electrons. The van der Waals surface area contributed by atoms with Gasteiger partial charge in [-0.25, -0.2) is 0 Å². The van der Waals surface area contributed by atoms with E-state index in [1.54, 1.807) is 73.7 Å². The number of ether oxygens (including phenoxy) is 1. The van der Waals surface area contributed by atoms with E-state index in [4.69, 9.17) is 16.3 Å². The Morgan fingerprint density at radius 1 is 0.935 bits per heavy atom. The van der Waals surface area contributed by atoms with Crippen molar-refractivity contribution in [2.45, 2.75) is 12.8 Å². The second-order valence-corrected chi connectivity index (χ2v) is 9.40. The molecule has 0 spiro atoms. The SMILES string of the molecule is C[C@]1(C(=O)c2ccc(Cl)cc2)[C@H]2c3cc(Br)ccc3OC(=O)[C@]21C(=O)c1ccccc1. The summed E-state index contributed by atoms with van der Waals surface area (Å²) in [5, 5.41) is 0.499. The Kier molecular flexibility index (Phi) is 4.47. The van der Waals surface area contributed by atoms with Gasteiger partial charge in [0.15, 0.2) is 17.0 Å². The maximum absolute atomic E-state index is 13.8. The maximum Gasteiger partial charge on any atom is 0.327 e. The average Bonchev–Trinajstić information content (AvgIpc) is 3.37. The Labute approximate surface area is 192 Å². The van der Waals surface area contributed by atoms with E-state index in [2.05, 4.69) is 15.9 Å². The zero-order valence-electron chi connectivity index (χ0n) is 16.4. The van der Waals surface area contributed by atoms with Gasteiger partial charge in [-0.05, 0) is 42.5 Å². The highest BCUT2D eigenvalue weighted by atomic mass is 79.9. The van der Waals surface area contributed by atoms with E-state index in [0.29, 0.717) is 27.5 Å². The molecule has 1 aliphatic carbocycles. The molecule has 0 radical (unpaired) electrons. The number of ketones is 2. The van der Waals surface area contributed by atoms with Crippen molar-refractivity contribution in [3.05, 3.63) is 99.0 Å². The Morgan fingerprint density at radius 2 is 1.58 bits per heavy atom. The van der Waals surface area contributed by atoms with Gasteiger partial charge in [0.1, 0.15) is 5.75 Å². The molecule has 0 aromatic heterocycles. The number of halogens is 2. The second-order valence-electron chi connectivity index (χ2n) is 8.05. The quantitative estimate of drug-likeness (QED) is 0.196. The fourth-order valence-electron chi connectivity index (χ4n) is 5.00. The van der Waals surface area contributed by atoms with Crippen LogP contribution in [-0.2, 0) is 4.79 Å². The van der Waals surface area contributed by atoms with Crippen LogP contribution in [0.15, 0.2) is 77.3 Å². The third-order valence-corrected chi connectivity index (χ3v) is 7.27. The van der Waals surface area contributed by atoms with E-state index < -0.39 is 28.5 Å². The van der Waals surface area contributed by atoms with Gasteiger partial charge < -0.3 is 4.74 Å². The predicted molar refractivity (Wildman–Crippen MR) is 120 cm³/mol. The molecule has 1 aliphatic heterocycles. The molecule has 1 fully saturated rings. The van der Waals surface area contributed by atoms with Gasteiger partial charge in [0.2, 0.25) is 0 Å². The number of carbonyl (C=O) groups excluding carboxylic acids is 3. The van der Waals surface area contributed by atoms with E-state index in [1.807, 2.05) is 6.07 Å². The average molecular weight is 496 g/mol. The fraction of sp³-hybridized carbons (Fsp3) is 0.160. The van der Waals surface area contributed by atoms with Crippen molar-refractivity contribution in [1.29, 1.82) is 0 Å². The van der Waals surface area contributed by atoms with Gasteiger partial charge >= 0.3 is 5.97 Å². The standard InChI is InChI=1S/C25H16BrClO4/c1-24(21(28)15-7-10-17(27)11-8-15)20-18-13-16(26)9-12-19(18)31-23(30)25(20,24)22(29)14-5-3-2-4-6-14/h2-13,20H,1H3/t20-,24-,25-/m1/s1. The Balaban J connectivity index is 1.73. The number of benzene rings is 3. The summed E-state index contributed by atoms with van der Waals surface area (Å²) in [6.45, 7) is 1.69. The molecular formula is C25H16BrClO4. The molecule has 1 saturated carbocycles. The van der Waals surface area contributed by atoms with Gasteiger partial charge in [0.25, 0.3) is 0 Å². The van der Waals surface area contributed by atoms with Crippen LogP contribution in [0.2, 0.25) is 5.02 Å². The van der Waals surface area contributed by atoms with E-state index in [0.717, 1.165) is 4.47 Å². The van der Waals surface area contributed by atoms with Crippen molar-refractivity contribution >= 4 is 45.1 Å². The van der Waals surface area contributed by atoms with Crippen molar-refractivity contribution in [1.82, 2.24) is 0 Å². The predicted octanol–water partition coefficient (Wildman–Crippen LogP) is 5.88. The summed E-state index contributed by atoms with van der Waals surface area (Å²) < 4.78 is 6.41. The highest BCUT2D eigenvalue weighted by molar-refractivity contribution is 9.10. The third-order valence-electron chi connectivity index (χ3n) is 6.53. The van der Waals surface area contributed by atoms with E-state index >= 15 is 0 Å². The van der Waals surface area contributed by atoms with Crippen LogP contribution < -0.4 is 4.74 Å². The van der Waals surface area contributed by atoms with Crippen LogP contribution in [0.1, 0.15) is 39.1 Å². The lowest BCUT2D eigenvalue weighted by Gasteiger charge is -2.23. The zero-order chi connectivity index (χ0) is 22.0. The number of hydrogen-bond acceptors (Lipinski definition) is 4. The highest BCUT2D eigenvalue weighted by Gasteiger charge is 2.87. The van der Waals surface area contributed by atoms with Crippen LogP contribution in [0.3, 0.4) is 0 Å². The topological polar surface area (TPSA) is 60.4 Å². The molecule has 0 amide bonds. The Morgan fingerprint density at radius 3 is 2.26 bits per heavy atom. The highest BCUT2D eigenvalue weighted by Crippen LogP contribution is 2.79. The lowest BCUT2D eigenvalue weighted by molar-refractivity contribution is -0.140. The fourth-order valence-corrected chi connectivity index (χ4v) is 5.50. The molecule has 3 aromatic carbocycles. The number of rotatable bonds is 4. The normalized spacial score (nSPS) is 25.8. The smallest absolute Gasteiger partial charge is 0.327 e. The van der Waals surface area contributed by atoms with Crippen LogP contribution in [0.25, 0.3) is 0 Å². The van der Waals surface area contributed by atoms with E-state index in [-0.39, 0.29) is 5.78 Å². The van der Waals surface area contributed by atoms with Crippen LogP contribution in [0, 0.1) is 10.8 Å². The summed E-state index contributed by atoms with van der Waals surface area (Å²) in [6, 6.07) is 20.3. The van der Waals surface area contributed by atoms with Gasteiger partial charge in [-0.3, -0.25) is 14.4 Å². The van der Waals surface area contributed by atoms with Crippen molar-refractivity contribution in [3.8, 4) is 5.75 Å². The Hall–Kier alpha value is -2.76. The molecule has 31 heavy (non-hydrogen) atoms. The van der Waals surface area contributed by atoms with E-state index in [1.165, 1.54) is 0 Å².